The summed E-state index contributed by atoms with van der Waals surface area (Å²) in [6.07, 6.45) is 0.925. The van der Waals surface area contributed by atoms with Crippen molar-refractivity contribution in [3.05, 3.63) is 24.3 Å². The molecule has 7 heteroatoms. The summed E-state index contributed by atoms with van der Waals surface area (Å²) in [6, 6.07) is 7.27. The minimum atomic E-state index is -0.193. The highest BCUT2D eigenvalue weighted by Crippen LogP contribution is 2.30. The van der Waals surface area contributed by atoms with Gasteiger partial charge in [-0.1, -0.05) is 12.1 Å². The average Bonchev–Trinajstić information content (AvgIpc) is 2.62. The second kappa shape index (κ2) is 8.12. The first-order chi connectivity index (χ1) is 11.7. The van der Waals surface area contributed by atoms with Crippen LogP contribution in [-0.2, 0) is 14.3 Å². The summed E-state index contributed by atoms with van der Waals surface area (Å²) in [5.74, 6) is 0.305. The van der Waals surface area contributed by atoms with Crippen LogP contribution < -0.4 is 19.9 Å². The number of benzene rings is 1. The highest BCUT2D eigenvalue weighted by atomic mass is 16.5. The van der Waals surface area contributed by atoms with Gasteiger partial charge in [0, 0.05) is 13.0 Å². The van der Waals surface area contributed by atoms with Crippen LogP contribution in [0.3, 0.4) is 0 Å². The second-order valence-electron chi connectivity index (χ2n) is 6.05. The van der Waals surface area contributed by atoms with Gasteiger partial charge in [-0.05, 0) is 12.1 Å². The molecular weight excluding hydrogens is 310 g/mol. The number of hydrogen-bond acceptors (Lipinski definition) is 4. The SMILES string of the molecule is O=C(CN1C(=O)COc2ccccc21)NCCC[NH+]1CCOCC1. The Morgan fingerprint density at radius 3 is 2.88 bits per heavy atom. The summed E-state index contributed by atoms with van der Waals surface area (Å²) in [5.41, 5.74) is 0.654. The number of nitrogens with zero attached hydrogens (tertiary/aromatic N) is 1. The Bertz CT molecular complexity index is 587. The van der Waals surface area contributed by atoms with E-state index in [1.807, 2.05) is 12.1 Å². The minimum absolute atomic E-state index is 0.0231. The third kappa shape index (κ3) is 4.24. The Balaban J connectivity index is 1.44. The van der Waals surface area contributed by atoms with Crippen LogP contribution in [-0.4, -0.2) is 64.4 Å². The van der Waals surface area contributed by atoms with Crippen LogP contribution in [0.4, 0.5) is 5.69 Å². The van der Waals surface area contributed by atoms with Gasteiger partial charge >= 0.3 is 0 Å². The number of rotatable bonds is 6. The molecule has 0 atom stereocenters. The summed E-state index contributed by atoms with van der Waals surface area (Å²) >= 11 is 0. The van der Waals surface area contributed by atoms with E-state index in [0.717, 1.165) is 39.3 Å². The standard InChI is InChI=1S/C17H23N3O4/c21-16(18-6-3-7-19-8-10-23-11-9-19)12-20-14-4-1-2-5-15(14)24-13-17(20)22/h1-2,4-5H,3,6-13H2,(H,18,21)/p+1. The number of para-hydroxylation sites is 2. The lowest BCUT2D eigenvalue weighted by Gasteiger charge is -2.28. The molecule has 2 N–H and O–H groups in total. The molecule has 0 aromatic heterocycles. The summed E-state index contributed by atoms with van der Waals surface area (Å²) < 4.78 is 10.7. The first-order valence-corrected chi connectivity index (χ1v) is 8.44. The number of nitrogens with one attached hydrogen (secondary N) is 2. The molecule has 2 aliphatic rings. The van der Waals surface area contributed by atoms with Crippen molar-refractivity contribution in [2.75, 3.05) is 57.4 Å². The fourth-order valence-electron chi connectivity index (χ4n) is 3.00. The van der Waals surface area contributed by atoms with Gasteiger partial charge in [-0.25, -0.2) is 0 Å². The van der Waals surface area contributed by atoms with Gasteiger partial charge in [-0.15, -0.1) is 0 Å². The fraction of sp³-hybridized carbons (Fsp3) is 0.529. The number of quaternary nitrogens is 1. The topological polar surface area (TPSA) is 72.3 Å². The van der Waals surface area contributed by atoms with E-state index < -0.39 is 0 Å². The first-order valence-electron chi connectivity index (χ1n) is 8.44. The average molecular weight is 334 g/mol. The monoisotopic (exact) mass is 334 g/mol. The van der Waals surface area contributed by atoms with Crippen molar-refractivity contribution in [1.82, 2.24) is 5.32 Å². The Morgan fingerprint density at radius 1 is 1.25 bits per heavy atom. The second-order valence-corrected chi connectivity index (χ2v) is 6.05. The van der Waals surface area contributed by atoms with E-state index >= 15 is 0 Å². The molecule has 130 valence electrons. The Kier molecular flexibility index (Phi) is 5.66. The van der Waals surface area contributed by atoms with Crippen LogP contribution in [0.25, 0.3) is 0 Å². The van der Waals surface area contributed by atoms with Gasteiger partial charge in [0.2, 0.25) is 5.91 Å². The maximum absolute atomic E-state index is 12.1. The van der Waals surface area contributed by atoms with E-state index in [1.165, 1.54) is 9.80 Å². The van der Waals surface area contributed by atoms with E-state index in [1.54, 1.807) is 12.1 Å². The molecule has 2 amide bonds. The van der Waals surface area contributed by atoms with Crippen LogP contribution in [0.5, 0.6) is 5.75 Å². The van der Waals surface area contributed by atoms with Crippen LogP contribution in [0, 0.1) is 0 Å². The van der Waals surface area contributed by atoms with Gasteiger partial charge in [0.25, 0.3) is 5.91 Å². The highest BCUT2D eigenvalue weighted by molar-refractivity contribution is 6.02. The quantitative estimate of drug-likeness (QED) is 0.644. The largest absolute Gasteiger partial charge is 0.482 e. The number of carbonyl (C=O) groups excluding carboxylic acids is 2. The van der Waals surface area contributed by atoms with E-state index in [-0.39, 0.29) is 25.0 Å². The minimum Gasteiger partial charge on any atom is -0.482 e. The van der Waals surface area contributed by atoms with Crippen molar-refractivity contribution in [3.8, 4) is 5.75 Å². The molecule has 7 nitrogen and oxygen atoms in total. The molecule has 24 heavy (non-hydrogen) atoms. The van der Waals surface area contributed by atoms with Crippen molar-refractivity contribution in [2.45, 2.75) is 6.42 Å². The third-order valence-electron chi connectivity index (χ3n) is 4.34. The zero-order valence-corrected chi connectivity index (χ0v) is 13.8. The molecule has 1 saturated heterocycles. The predicted octanol–water partition coefficient (Wildman–Crippen LogP) is -1.17. The molecule has 0 saturated carbocycles. The number of morpholine rings is 1. The Morgan fingerprint density at radius 2 is 2.04 bits per heavy atom. The summed E-state index contributed by atoms with van der Waals surface area (Å²) in [5, 5.41) is 2.90. The van der Waals surface area contributed by atoms with E-state index in [2.05, 4.69) is 5.32 Å². The van der Waals surface area contributed by atoms with Crippen molar-refractivity contribution < 1.29 is 24.0 Å². The van der Waals surface area contributed by atoms with Gasteiger partial charge in [0.15, 0.2) is 6.61 Å². The number of ether oxygens (including phenoxy) is 2. The number of anilines is 1. The fourth-order valence-corrected chi connectivity index (χ4v) is 3.00. The molecule has 1 aromatic carbocycles. The first kappa shape index (κ1) is 16.7. The Labute approximate surface area is 141 Å². The number of hydrogen-bond donors (Lipinski definition) is 2. The van der Waals surface area contributed by atoms with Crippen molar-refractivity contribution in [3.63, 3.8) is 0 Å². The number of fused-ring (bicyclic) bond motifs is 1. The molecule has 0 unspecified atom stereocenters. The molecule has 1 aromatic rings. The van der Waals surface area contributed by atoms with Gasteiger partial charge < -0.3 is 19.7 Å². The molecule has 3 rings (SSSR count). The Hall–Kier alpha value is -2.12. The van der Waals surface area contributed by atoms with Gasteiger partial charge in [0.1, 0.15) is 25.4 Å². The lowest BCUT2D eigenvalue weighted by molar-refractivity contribution is -0.908. The molecule has 0 spiro atoms. The van der Waals surface area contributed by atoms with Crippen LogP contribution in [0.15, 0.2) is 24.3 Å². The highest BCUT2D eigenvalue weighted by Gasteiger charge is 2.26. The number of carbonyl (C=O) groups is 2. The summed E-state index contributed by atoms with van der Waals surface area (Å²) in [6.45, 7) is 5.38. The van der Waals surface area contributed by atoms with Crippen molar-refractivity contribution >= 4 is 17.5 Å². The molecule has 0 radical (unpaired) electrons. The smallest absolute Gasteiger partial charge is 0.265 e. The van der Waals surface area contributed by atoms with E-state index in [0.29, 0.717) is 18.0 Å². The summed E-state index contributed by atoms with van der Waals surface area (Å²) in [4.78, 5) is 27.2. The molecule has 2 aliphatic heterocycles. The lowest BCUT2D eigenvalue weighted by Crippen LogP contribution is -3.14. The van der Waals surface area contributed by atoms with Gasteiger partial charge in [0.05, 0.1) is 25.4 Å². The summed E-state index contributed by atoms with van der Waals surface area (Å²) in [7, 11) is 0. The zero-order valence-electron chi connectivity index (χ0n) is 13.8. The zero-order chi connectivity index (χ0) is 16.8. The predicted molar refractivity (Wildman–Crippen MR) is 88.3 cm³/mol. The van der Waals surface area contributed by atoms with E-state index in [4.69, 9.17) is 9.47 Å². The van der Waals surface area contributed by atoms with Gasteiger partial charge in [-0.3, -0.25) is 14.5 Å². The van der Waals surface area contributed by atoms with Crippen molar-refractivity contribution in [1.29, 1.82) is 0 Å². The van der Waals surface area contributed by atoms with E-state index in [9.17, 15) is 9.59 Å². The molecule has 1 fully saturated rings. The van der Waals surface area contributed by atoms with Gasteiger partial charge in [-0.2, -0.15) is 0 Å². The maximum Gasteiger partial charge on any atom is 0.265 e. The van der Waals surface area contributed by atoms with Crippen LogP contribution in [0.2, 0.25) is 0 Å². The molecule has 2 heterocycles. The van der Waals surface area contributed by atoms with Crippen LogP contribution in [0.1, 0.15) is 6.42 Å². The lowest BCUT2D eigenvalue weighted by atomic mass is 10.2. The third-order valence-corrected chi connectivity index (χ3v) is 4.34. The normalized spacial score (nSPS) is 18.0. The number of amides is 2. The molecule has 0 aliphatic carbocycles. The van der Waals surface area contributed by atoms with Crippen LogP contribution >= 0.6 is 0 Å². The molecule has 0 bridgehead atoms. The molecular formula is C17H24N3O4+. The maximum atomic E-state index is 12.1. The van der Waals surface area contributed by atoms with Crippen molar-refractivity contribution in [2.24, 2.45) is 0 Å².